The fourth-order valence-electron chi connectivity index (χ4n) is 2.04. The lowest BCUT2D eigenvalue weighted by molar-refractivity contribution is 0.0929. The zero-order valence-electron chi connectivity index (χ0n) is 11.8. The van der Waals surface area contributed by atoms with Crippen molar-refractivity contribution < 1.29 is 4.79 Å². The Hall–Kier alpha value is -2.23. The van der Waals surface area contributed by atoms with E-state index in [1.165, 1.54) is 6.20 Å². The Kier molecular flexibility index (Phi) is 4.82. The number of carbonyl (C=O) groups excluding carboxylic acids is 1. The predicted molar refractivity (Wildman–Crippen MR) is 78.3 cm³/mol. The zero-order valence-corrected chi connectivity index (χ0v) is 11.8. The molecule has 20 heavy (non-hydrogen) atoms. The Morgan fingerprint density at radius 1 is 1.20 bits per heavy atom. The highest BCUT2D eigenvalue weighted by molar-refractivity contribution is 5.92. The number of nitrogens with zero attached hydrogens (tertiary/aromatic N) is 2. The number of amides is 1. The van der Waals surface area contributed by atoms with Gasteiger partial charge in [0.1, 0.15) is 5.69 Å². The molecular weight excluding hydrogens is 250 g/mol. The smallest absolute Gasteiger partial charge is 0.271 e. The summed E-state index contributed by atoms with van der Waals surface area (Å²) in [5.41, 5.74) is 2.27. The molecule has 0 aliphatic rings. The van der Waals surface area contributed by atoms with Crippen molar-refractivity contribution >= 4 is 5.91 Å². The van der Waals surface area contributed by atoms with Gasteiger partial charge in [-0.2, -0.15) is 0 Å². The number of nitrogens with one attached hydrogen (secondary N) is 1. The van der Waals surface area contributed by atoms with E-state index < -0.39 is 0 Å². The van der Waals surface area contributed by atoms with Crippen molar-refractivity contribution in [3.05, 3.63) is 59.7 Å². The summed E-state index contributed by atoms with van der Waals surface area (Å²) < 4.78 is 0. The van der Waals surface area contributed by atoms with Crippen molar-refractivity contribution in [2.75, 3.05) is 0 Å². The van der Waals surface area contributed by atoms with Crippen LogP contribution in [0.15, 0.2) is 42.7 Å². The van der Waals surface area contributed by atoms with Gasteiger partial charge in [0.15, 0.2) is 0 Å². The van der Waals surface area contributed by atoms with Crippen LogP contribution in [0.5, 0.6) is 0 Å². The SMILES string of the molecule is CCCC(NC(=O)c1cnc(C)cn1)c1ccccc1. The molecule has 0 bridgehead atoms. The first-order chi connectivity index (χ1) is 9.70. The summed E-state index contributed by atoms with van der Waals surface area (Å²) in [6.45, 7) is 3.95. The molecule has 1 aromatic heterocycles. The third-order valence-corrected chi connectivity index (χ3v) is 3.10. The fourth-order valence-corrected chi connectivity index (χ4v) is 2.04. The van der Waals surface area contributed by atoms with E-state index in [1.54, 1.807) is 6.20 Å². The molecule has 0 radical (unpaired) electrons. The van der Waals surface area contributed by atoms with Crippen LogP contribution >= 0.6 is 0 Å². The minimum absolute atomic E-state index is 0.0109. The Morgan fingerprint density at radius 3 is 2.55 bits per heavy atom. The van der Waals surface area contributed by atoms with Crippen LogP contribution in [0.4, 0.5) is 0 Å². The summed E-state index contributed by atoms with van der Waals surface area (Å²) in [6.07, 6.45) is 5.01. The first-order valence-electron chi connectivity index (χ1n) is 6.85. The normalized spacial score (nSPS) is 11.9. The molecule has 0 fully saturated rings. The maximum Gasteiger partial charge on any atom is 0.271 e. The van der Waals surface area contributed by atoms with Gasteiger partial charge in [-0.1, -0.05) is 43.7 Å². The second-order valence-electron chi connectivity index (χ2n) is 4.77. The summed E-state index contributed by atoms with van der Waals surface area (Å²) in [5.74, 6) is -0.181. The Labute approximate surface area is 119 Å². The third kappa shape index (κ3) is 3.63. The molecule has 0 saturated carbocycles. The van der Waals surface area contributed by atoms with E-state index in [-0.39, 0.29) is 11.9 Å². The lowest BCUT2D eigenvalue weighted by Crippen LogP contribution is -2.29. The molecule has 1 atom stereocenters. The van der Waals surface area contributed by atoms with Crippen molar-refractivity contribution in [1.29, 1.82) is 0 Å². The minimum atomic E-state index is -0.181. The van der Waals surface area contributed by atoms with E-state index in [0.29, 0.717) is 5.69 Å². The zero-order chi connectivity index (χ0) is 14.4. The number of hydrogen-bond acceptors (Lipinski definition) is 3. The standard InChI is InChI=1S/C16H19N3O/c1-3-7-14(13-8-5-4-6-9-13)19-16(20)15-11-17-12(2)10-18-15/h4-6,8-11,14H,3,7H2,1-2H3,(H,19,20). The topological polar surface area (TPSA) is 54.9 Å². The summed E-state index contributed by atoms with van der Waals surface area (Å²) in [5, 5.41) is 3.03. The molecule has 0 spiro atoms. The number of aryl methyl sites for hydroxylation is 1. The molecule has 1 aromatic carbocycles. The molecule has 0 aliphatic carbocycles. The highest BCUT2D eigenvalue weighted by Gasteiger charge is 2.15. The van der Waals surface area contributed by atoms with Crippen LogP contribution in [0.2, 0.25) is 0 Å². The molecule has 0 saturated heterocycles. The lowest BCUT2D eigenvalue weighted by Gasteiger charge is -2.18. The van der Waals surface area contributed by atoms with Crippen LogP contribution in [0.25, 0.3) is 0 Å². The lowest BCUT2D eigenvalue weighted by atomic mass is 10.0. The molecule has 1 N–H and O–H groups in total. The Balaban J connectivity index is 2.12. The number of aromatic nitrogens is 2. The minimum Gasteiger partial charge on any atom is -0.344 e. The molecular formula is C16H19N3O. The molecule has 1 amide bonds. The molecule has 0 aliphatic heterocycles. The quantitative estimate of drug-likeness (QED) is 0.907. The molecule has 4 heteroatoms. The van der Waals surface area contributed by atoms with Gasteiger partial charge in [-0.05, 0) is 18.9 Å². The van der Waals surface area contributed by atoms with Gasteiger partial charge in [0.05, 0.1) is 17.9 Å². The van der Waals surface area contributed by atoms with Crippen molar-refractivity contribution in [3.8, 4) is 0 Å². The van der Waals surface area contributed by atoms with E-state index in [0.717, 1.165) is 24.1 Å². The second kappa shape index (κ2) is 6.80. The highest BCUT2D eigenvalue weighted by atomic mass is 16.1. The van der Waals surface area contributed by atoms with Crippen molar-refractivity contribution in [2.45, 2.75) is 32.7 Å². The average molecular weight is 269 g/mol. The van der Waals surface area contributed by atoms with Gasteiger partial charge in [0.25, 0.3) is 5.91 Å². The van der Waals surface area contributed by atoms with E-state index in [9.17, 15) is 4.79 Å². The van der Waals surface area contributed by atoms with E-state index in [1.807, 2.05) is 37.3 Å². The molecule has 1 heterocycles. The highest BCUT2D eigenvalue weighted by Crippen LogP contribution is 2.18. The van der Waals surface area contributed by atoms with Gasteiger partial charge >= 0.3 is 0 Å². The maximum atomic E-state index is 12.2. The maximum absolute atomic E-state index is 12.2. The van der Waals surface area contributed by atoms with Crippen molar-refractivity contribution in [1.82, 2.24) is 15.3 Å². The summed E-state index contributed by atoms with van der Waals surface area (Å²) >= 11 is 0. The number of benzene rings is 1. The second-order valence-corrected chi connectivity index (χ2v) is 4.77. The van der Waals surface area contributed by atoms with E-state index in [2.05, 4.69) is 22.2 Å². The van der Waals surface area contributed by atoms with Crippen LogP contribution in [-0.2, 0) is 0 Å². The summed E-state index contributed by atoms with van der Waals surface area (Å²) in [6, 6.07) is 10.0. The number of carbonyl (C=O) groups is 1. The molecule has 2 rings (SSSR count). The first kappa shape index (κ1) is 14.2. The van der Waals surface area contributed by atoms with Crippen molar-refractivity contribution in [3.63, 3.8) is 0 Å². The third-order valence-electron chi connectivity index (χ3n) is 3.10. The van der Waals surface area contributed by atoms with Crippen LogP contribution < -0.4 is 5.32 Å². The van der Waals surface area contributed by atoms with Gasteiger partial charge in [0.2, 0.25) is 0 Å². The Morgan fingerprint density at radius 2 is 1.95 bits per heavy atom. The van der Waals surface area contributed by atoms with E-state index in [4.69, 9.17) is 0 Å². The average Bonchev–Trinajstić information content (AvgIpc) is 2.48. The Bertz CT molecular complexity index is 552. The molecule has 2 aromatic rings. The van der Waals surface area contributed by atoms with Gasteiger partial charge < -0.3 is 5.32 Å². The largest absolute Gasteiger partial charge is 0.344 e. The van der Waals surface area contributed by atoms with Gasteiger partial charge in [0, 0.05) is 6.20 Å². The van der Waals surface area contributed by atoms with Crippen molar-refractivity contribution in [2.24, 2.45) is 0 Å². The van der Waals surface area contributed by atoms with Crippen LogP contribution in [-0.4, -0.2) is 15.9 Å². The van der Waals surface area contributed by atoms with Gasteiger partial charge in [-0.3, -0.25) is 9.78 Å². The van der Waals surface area contributed by atoms with E-state index >= 15 is 0 Å². The molecule has 4 nitrogen and oxygen atoms in total. The van der Waals surface area contributed by atoms with Gasteiger partial charge in [-0.25, -0.2) is 4.98 Å². The van der Waals surface area contributed by atoms with Crippen LogP contribution in [0.1, 0.15) is 47.6 Å². The number of rotatable bonds is 5. The fraction of sp³-hybridized carbons (Fsp3) is 0.312. The van der Waals surface area contributed by atoms with Crippen LogP contribution in [0, 0.1) is 6.92 Å². The molecule has 104 valence electrons. The van der Waals surface area contributed by atoms with Gasteiger partial charge in [-0.15, -0.1) is 0 Å². The monoisotopic (exact) mass is 269 g/mol. The first-order valence-corrected chi connectivity index (χ1v) is 6.85. The predicted octanol–water partition coefficient (Wildman–Crippen LogP) is 3.06. The summed E-state index contributed by atoms with van der Waals surface area (Å²) in [4.78, 5) is 20.4. The van der Waals surface area contributed by atoms with Crippen LogP contribution in [0.3, 0.4) is 0 Å². The molecule has 1 unspecified atom stereocenters. The summed E-state index contributed by atoms with van der Waals surface area (Å²) in [7, 11) is 0. The number of hydrogen-bond donors (Lipinski definition) is 1.